The number of aliphatic carboxylic acids is 1. The van der Waals surface area contributed by atoms with Crippen LogP contribution in [0.15, 0.2) is 18.2 Å². The molecule has 1 aromatic rings. The number of nitriles is 1. The van der Waals surface area contributed by atoms with Crippen LogP contribution in [0.3, 0.4) is 0 Å². The SMILES string of the molecule is CN(CCC(=O)O)c1ccc(F)cc1C#N. The van der Waals surface area contributed by atoms with E-state index in [-0.39, 0.29) is 18.5 Å². The summed E-state index contributed by atoms with van der Waals surface area (Å²) in [6, 6.07) is 5.72. The topological polar surface area (TPSA) is 64.3 Å². The lowest BCUT2D eigenvalue weighted by atomic mass is 10.1. The molecule has 0 atom stereocenters. The highest BCUT2D eigenvalue weighted by Crippen LogP contribution is 2.19. The molecule has 0 heterocycles. The molecule has 0 aliphatic carbocycles. The molecule has 0 bridgehead atoms. The molecule has 0 unspecified atom stereocenters. The van der Waals surface area contributed by atoms with E-state index in [1.165, 1.54) is 12.1 Å². The molecule has 16 heavy (non-hydrogen) atoms. The van der Waals surface area contributed by atoms with Crippen LogP contribution in [0.1, 0.15) is 12.0 Å². The maximum Gasteiger partial charge on any atom is 0.305 e. The standard InChI is InChI=1S/C11H11FN2O2/c1-14(5-4-11(15)16)10-3-2-9(12)6-8(10)7-13/h2-3,6H,4-5H2,1H3,(H,15,16). The van der Waals surface area contributed by atoms with Gasteiger partial charge in [-0.2, -0.15) is 5.26 Å². The van der Waals surface area contributed by atoms with Gasteiger partial charge in [0.1, 0.15) is 11.9 Å². The fourth-order valence-corrected chi connectivity index (χ4v) is 1.31. The molecule has 0 aliphatic rings. The molecule has 0 fully saturated rings. The summed E-state index contributed by atoms with van der Waals surface area (Å²) in [5.41, 5.74) is 0.734. The number of hydrogen-bond acceptors (Lipinski definition) is 3. The summed E-state index contributed by atoms with van der Waals surface area (Å²) in [5.74, 6) is -1.39. The summed E-state index contributed by atoms with van der Waals surface area (Å²) >= 11 is 0. The average molecular weight is 222 g/mol. The van der Waals surface area contributed by atoms with Crippen LogP contribution in [0.2, 0.25) is 0 Å². The number of carbonyl (C=O) groups is 1. The highest BCUT2D eigenvalue weighted by atomic mass is 19.1. The van der Waals surface area contributed by atoms with Gasteiger partial charge in [-0.05, 0) is 18.2 Å². The monoisotopic (exact) mass is 222 g/mol. The predicted octanol–water partition coefficient (Wildman–Crippen LogP) is 1.61. The molecular formula is C11H11FN2O2. The van der Waals surface area contributed by atoms with Crippen LogP contribution >= 0.6 is 0 Å². The Kier molecular flexibility index (Phi) is 3.84. The van der Waals surface area contributed by atoms with Crippen molar-refractivity contribution < 1.29 is 14.3 Å². The Bertz CT molecular complexity index is 440. The average Bonchev–Trinajstić information content (AvgIpc) is 2.25. The molecule has 0 saturated heterocycles. The molecule has 0 aliphatic heterocycles. The fraction of sp³-hybridized carbons (Fsp3) is 0.273. The molecule has 1 N–H and O–H groups in total. The van der Waals surface area contributed by atoms with Gasteiger partial charge >= 0.3 is 5.97 Å². The Morgan fingerprint density at radius 2 is 2.31 bits per heavy atom. The van der Waals surface area contributed by atoms with Crippen LogP contribution in [0.5, 0.6) is 0 Å². The first-order chi connectivity index (χ1) is 7.54. The van der Waals surface area contributed by atoms with E-state index < -0.39 is 11.8 Å². The van der Waals surface area contributed by atoms with Crippen molar-refractivity contribution in [3.63, 3.8) is 0 Å². The highest BCUT2D eigenvalue weighted by molar-refractivity contribution is 5.68. The molecule has 0 amide bonds. The Morgan fingerprint density at radius 1 is 1.62 bits per heavy atom. The zero-order valence-electron chi connectivity index (χ0n) is 8.77. The van der Waals surface area contributed by atoms with Gasteiger partial charge < -0.3 is 10.0 Å². The van der Waals surface area contributed by atoms with Gasteiger partial charge in [0.25, 0.3) is 0 Å². The smallest absolute Gasteiger partial charge is 0.305 e. The van der Waals surface area contributed by atoms with Crippen molar-refractivity contribution in [3.8, 4) is 6.07 Å². The number of rotatable bonds is 4. The van der Waals surface area contributed by atoms with E-state index in [4.69, 9.17) is 10.4 Å². The van der Waals surface area contributed by atoms with Crippen molar-refractivity contribution in [1.82, 2.24) is 0 Å². The molecule has 0 radical (unpaired) electrons. The van der Waals surface area contributed by atoms with Crippen LogP contribution in [0.4, 0.5) is 10.1 Å². The molecule has 4 nitrogen and oxygen atoms in total. The Labute approximate surface area is 92.5 Å². The van der Waals surface area contributed by atoms with E-state index in [1.807, 2.05) is 6.07 Å². The number of benzene rings is 1. The van der Waals surface area contributed by atoms with Gasteiger partial charge in [0.05, 0.1) is 17.7 Å². The van der Waals surface area contributed by atoms with E-state index in [1.54, 1.807) is 11.9 Å². The van der Waals surface area contributed by atoms with Crippen LogP contribution < -0.4 is 4.90 Å². The summed E-state index contributed by atoms with van der Waals surface area (Å²) in [4.78, 5) is 12.0. The minimum Gasteiger partial charge on any atom is -0.481 e. The number of anilines is 1. The number of hydrogen-bond donors (Lipinski definition) is 1. The highest BCUT2D eigenvalue weighted by Gasteiger charge is 2.09. The maximum atomic E-state index is 12.8. The summed E-state index contributed by atoms with van der Waals surface area (Å²) in [6.07, 6.45) is -0.0290. The Balaban J connectivity index is 2.87. The third kappa shape index (κ3) is 2.95. The lowest BCUT2D eigenvalue weighted by molar-refractivity contribution is -0.136. The van der Waals surface area contributed by atoms with Crippen molar-refractivity contribution in [2.45, 2.75) is 6.42 Å². The van der Waals surface area contributed by atoms with Gasteiger partial charge in [-0.1, -0.05) is 0 Å². The van der Waals surface area contributed by atoms with Gasteiger partial charge in [0.2, 0.25) is 0 Å². The Morgan fingerprint density at radius 3 is 2.88 bits per heavy atom. The largest absolute Gasteiger partial charge is 0.481 e. The third-order valence-corrected chi connectivity index (χ3v) is 2.15. The Hall–Kier alpha value is -2.09. The first-order valence-electron chi connectivity index (χ1n) is 4.67. The molecule has 5 heteroatoms. The molecular weight excluding hydrogens is 211 g/mol. The fourth-order valence-electron chi connectivity index (χ4n) is 1.31. The molecule has 1 rings (SSSR count). The summed E-state index contributed by atoms with van der Waals surface area (Å²) in [7, 11) is 1.66. The van der Waals surface area contributed by atoms with Gasteiger partial charge in [0.15, 0.2) is 0 Å². The number of carboxylic acids is 1. The lowest BCUT2D eigenvalue weighted by Crippen LogP contribution is -2.21. The van der Waals surface area contributed by atoms with E-state index in [9.17, 15) is 9.18 Å². The predicted molar refractivity (Wildman–Crippen MR) is 56.6 cm³/mol. The molecule has 0 spiro atoms. The van der Waals surface area contributed by atoms with Gasteiger partial charge in [0, 0.05) is 13.6 Å². The first-order valence-corrected chi connectivity index (χ1v) is 4.67. The normalized spacial score (nSPS) is 9.56. The zero-order chi connectivity index (χ0) is 12.1. The van der Waals surface area contributed by atoms with Crippen molar-refractivity contribution in [2.24, 2.45) is 0 Å². The number of carboxylic acid groups (broad SMARTS) is 1. The molecule has 0 saturated carbocycles. The second kappa shape index (κ2) is 5.12. The van der Waals surface area contributed by atoms with Crippen molar-refractivity contribution in [1.29, 1.82) is 5.26 Å². The van der Waals surface area contributed by atoms with E-state index in [0.29, 0.717) is 5.69 Å². The van der Waals surface area contributed by atoms with Gasteiger partial charge in [-0.25, -0.2) is 4.39 Å². The van der Waals surface area contributed by atoms with Gasteiger partial charge in [-0.15, -0.1) is 0 Å². The zero-order valence-corrected chi connectivity index (χ0v) is 8.77. The number of nitrogens with zero attached hydrogens (tertiary/aromatic N) is 2. The minimum atomic E-state index is -0.910. The molecule has 1 aromatic carbocycles. The molecule has 84 valence electrons. The summed E-state index contributed by atoms with van der Waals surface area (Å²) in [5, 5.41) is 17.3. The van der Waals surface area contributed by atoms with E-state index in [0.717, 1.165) is 6.07 Å². The first kappa shape index (κ1) is 12.0. The third-order valence-electron chi connectivity index (χ3n) is 2.15. The van der Waals surface area contributed by atoms with Crippen LogP contribution in [0, 0.1) is 17.1 Å². The van der Waals surface area contributed by atoms with Crippen LogP contribution in [-0.2, 0) is 4.79 Å². The summed E-state index contributed by atoms with van der Waals surface area (Å²) < 4.78 is 12.8. The van der Waals surface area contributed by atoms with Gasteiger partial charge in [-0.3, -0.25) is 4.79 Å². The van der Waals surface area contributed by atoms with Crippen LogP contribution in [-0.4, -0.2) is 24.7 Å². The van der Waals surface area contributed by atoms with Crippen molar-refractivity contribution in [2.75, 3.05) is 18.5 Å². The van der Waals surface area contributed by atoms with Crippen molar-refractivity contribution in [3.05, 3.63) is 29.6 Å². The van der Waals surface area contributed by atoms with Crippen LogP contribution in [0.25, 0.3) is 0 Å². The summed E-state index contributed by atoms with van der Waals surface area (Å²) in [6.45, 7) is 0.273. The van der Waals surface area contributed by atoms with Crippen molar-refractivity contribution >= 4 is 11.7 Å². The van der Waals surface area contributed by atoms with E-state index >= 15 is 0 Å². The second-order valence-corrected chi connectivity index (χ2v) is 3.34. The minimum absolute atomic E-state index is 0.0290. The van der Waals surface area contributed by atoms with E-state index in [2.05, 4.69) is 0 Å². The lowest BCUT2D eigenvalue weighted by Gasteiger charge is -2.19. The maximum absolute atomic E-state index is 12.8. The number of halogens is 1. The quantitative estimate of drug-likeness (QED) is 0.840. The second-order valence-electron chi connectivity index (χ2n) is 3.34. The molecule has 0 aromatic heterocycles.